The van der Waals surface area contributed by atoms with Crippen molar-refractivity contribution in [3.05, 3.63) is 38.9 Å². The Balaban J connectivity index is 2.73. The summed E-state index contributed by atoms with van der Waals surface area (Å²) in [5, 5.41) is 20.3. The minimum Gasteiger partial charge on any atom is -0.392 e. The van der Waals surface area contributed by atoms with Gasteiger partial charge in [0.1, 0.15) is 5.02 Å². The molecule has 0 spiro atoms. The molecule has 17 heavy (non-hydrogen) atoms. The average molecular weight is 276 g/mol. The number of aliphatic hydroxyl groups excluding tert-OH is 1. The van der Waals surface area contributed by atoms with Crippen molar-refractivity contribution in [3.63, 3.8) is 0 Å². The van der Waals surface area contributed by atoms with Crippen molar-refractivity contribution in [1.82, 2.24) is 0 Å². The highest BCUT2D eigenvalue weighted by molar-refractivity contribution is 7.99. The Kier molecular flexibility index (Phi) is 5.24. The Labute approximate surface area is 109 Å². The molecule has 0 aliphatic rings. The number of thioether (sulfide) groups is 1. The molecule has 2 atom stereocenters. The lowest BCUT2D eigenvalue weighted by molar-refractivity contribution is -0.384. The number of benzene rings is 1. The number of halogens is 1. The molecule has 0 saturated heterocycles. The molecule has 4 nitrogen and oxygen atoms in total. The van der Waals surface area contributed by atoms with E-state index in [0.29, 0.717) is 5.75 Å². The third-order valence-electron chi connectivity index (χ3n) is 2.40. The number of nitrogens with zero attached hydrogens (tertiary/aromatic N) is 1. The summed E-state index contributed by atoms with van der Waals surface area (Å²) < 4.78 is 0. The summed E-state index contributed by atoms with van der Waals surface area (Å²) in [6.07, 6.45) is -0.401. The average Bonchev–Trinajstić information content (AvgIpc) is 2.26. The van der Waals surface area contributed by atoms with Gasteiger partial charge in [0.15, 0.2) is 0 Å². The molecule has 0 bridgehead atoms. The topological polar surface area (TPSA) is 63.4 Å². The second-order valence-electron chi connectivity index (χ2n) is 3.80. The molecule has 0 aliphatic heterocycles. The molecular formula is C11H14ClNO3S. The van der Waals surface area contributed by atoms with Gasteiger partial charge in [-0.3, -0.25) is 10.1 Å². The van der Waals surface area contributed by atoms with Crippen LogP contribution in [0.1, 0.15) is 19.4 Å². The Morgan fingerprint density at radius 3 is 2.71 bits per heavy atom. The van der Waals surface area contributed by atoms with Crippen LogP contribution in [0.25, 0.3) is 0 Å². The van der Waals surface area contributed by atoms with Crippen LogP contribution in [0, 0.1) is 10.1 Å². The number of rotatable bonds is 5. The van der Waals surface area contributed by atoms with Gasteiger partial charge in [0.2, 0.25) is 0 Å². The molecular weight excluding hydrogens is 262 g/mol. The number of nitro groups is 1. The van der Waals surface area contributed by atoms with Crippen molar-refractivity contribution >= 4 is 29.1 Å². The van der Waals surface area contributed by atoms with Crippen LogP contribution < -0.4 is 0 Å². The largest absolute Gasteiger partial charge is 0.392 e. The fourth-order valence-electron chi connectivity index (χ4n) is 1.15. The number of nitro benzene ring substituents is 1. The van der Waals surface area contributed by atoms with Crippen molar-refractivity contribution in [1.29, 1.82) is 0 Å². The third kappa shape index (κ3) is 4.18. The molecule has 6 heteroatoms. The molecule has 0 amide bonds. The predicted octanol–water partition coefficient (Wildman–Crippen LogP) is 3.25. The van der Waals surface area contributed by atoms with Crippen LogP contribution in [0.4, 0.5) is 5.69 Å². The maximum absolute atomic E-state index is 10.7. The molecule has 1 aromatic carbocycles. The first-order valence-electron chi connectivity index (χ1n) is 5.14. The monoisotopic (exact) mass is 275 g/mol. The highest BCUT2D eigenvalue weighted by Gasteiger charge is 2.14. The van der Waals surface area contributed by atoms with Gasteiger partial charge in [-0.2, -0.15) is 11.8 Å². The SMILES string of the molecule is CC(O)C(C)SCc1ccc(Cl)c([N+](=O)[O-])c1. The van der Waals surface area contributed by atoms with E-state index in [0.717, 1.165) is 5.56 Å². The van der Waals surface area contributed by atoms with E-state index in [1.165, 1.54) is 12.1 Å². The van der Waals surface area contributed by atoms with E-state index in [4.69, 9.17) is 11.6 Å². The van der Waals surface area contributed by atoms with E-state index >= 15 is 0 Å². The quantitative estimate of drug-likeness (QED) is 0.662. The minimum atomic E-state index is -0.491. The fraction of sp³-hybridized carbons (Fsp3) is 0.455. The first-order valence-corrected chi connectivity index (χ1v) is 6.57. The highest BCUT2D eigenvalue weighted by Crippen LogP contribution is 2.28. The van der Waals surface area contributed by atoms with E-state index in [1.807, 2.05) is 6.92 Å². The molecule has 94 valence electrons. The lowest BCUT2D eigenvalue weighted by Crippen LogP contribution is -2.15. The van der Waals surface area contributed by atoms with Gasteiger partial charge in [0.05, 0.1) is 11.0 Å². The van der Waals surface area contributed by atoms with Crippen LogP contribution in [-0.2, 0) is 5.75 Å². The first-order chi connectivity index (χ1) is 7.91. The number of hydrogen-bond acceptors (Lipinski definition) is 4. The van der Waals surface area contributed by atoms with E-state index in [-0.39, 0.29) is 16.0 Å². The summed E-state index contributed by atoms with van der Waals surface area (Å²) in [6, 6.07) is 4.77. The van der Waals surface area contributed by atoms with Gasteiger partial charge in [0, 0.05) is 17.1 Å². The summed E-state index contributed by atoms with van der Waals surface area (Å²) in [5.41, 5.74) is 0.757. The van der Waals surface area contributed by atoms with Crippen LogP contribution in [0.2, 0.25) is 5.02 Å². The van der Waals surface area contributed by atoms with Gasteiger partial charge >= 0.3 is 0 Å². The van der Waals surface area contributed by atoms with Crippen LogP contribution in [0.3, 0.4) is 0 Å². The molecule has 0 aliphatic carbocycles. The Bertz CT molecular complexity index is 412. The summed E-state index contributed by atoms with van der Waals surface area (Å²) in [6.45, 7) is 3.64. The number of aliphatic hydroxyl groups is 1. The van der Waals surface area contributed by atoms with Crippen molar-refractivity contribution in [2.75, 3.05) is 0 Å². The lowest BCUT2D eigenvalue weighted by atomic mass is 10.2. The smallest absolute Gasteiger partial charge is 0.288 e. The second kappa shape index (κ2) is 6.23. The Morgan fingerprint density at radius 1 is 1.53 bits per heavy atom. The molecule has 0 saturated carbocycles. The van der Waals surface area contributed by atoms with Gasteiger partial charge in [-0.25, -0.2) is 0 Å². The Morgan fingerprint density at radius 2 is 2.18 bits per heavy atom. The van der Waals surface area contributed by atoms with Gasteiger partial charge in [-0.1, -0.05) is 24.6 Å². The van der Waals surface area contributed by atoms with Gasteiger partial charge < -0.3 is 5.11 Å². The molecule has 1 rings (SSSR count). The van der Waals surface area contributed by atoms with E-state index in [9.17, 15) is 15.2 Å². The van der Waals surface area contributed by atoms with Crippen molar-refractivity contribution in [2.24, 2.45) is 0 Å². The second-order valence-corrected chi connectivity index (χ2v) is 5.57. The predicted molar refractivity (Wildman–Crippen MR) is 70.5 cm³/mol. The zero-order chi connectivity index (χ0) is 13.0. The minimum absolute atomic E-state index is 0.0746. The van der Waals surface area contributed by atoms with Crippen LogP contribution in [0.15, 0.2) is 18.2 Å². The fourth-order valence-corrected chi connectivity index (χ4v) is 2.25. The van der Waals surface area contributed by atoms with Crippen molar-refractivity contribution in [2.45, 2.75) is 31.0 Å². The zero-order valence-electron chi connectivity index (χ0n) is 9.59. The summed E-state index contributed by atoms with van der Waals surface area (Å²) in [4.78, 5) is 10.2. The van der Waals surface area contributed by atoms with E-state index in [2.05, 4.69) is 0 Å². The van der Waals surface area contributed by atoms with Gasteiger partial charge in [-0.05, 0) is 18.6 Å². The van der Waals surface area contributed by atoms with Gasteiger partial charge in [-0.15, -0.1) is 0 Å². The number of hydrogen-bond donors (Lipinski definition) is 1. The van der Waals surface area contributed by atoms with Crippen LogP contribution in [-0.4, -0.2) is 21.4 Å². The van der Waals surface area contributed by atoms with E-state index < -0.39 is 11.0 Å². The normalized spacial score (nSPS) is 14.4. The summed E-state index contributed by atoms with van der Waals surface area (Å²) in [5.74, 6) is 0.615. The molecule has 2 unspecified atom stereocenters. The Hall–Kier alpha value is -0.780. The molecule has 0 aromatic heterocycles. The maximum Gasteiger partial charge on any atom is 0.288 e. The molecule has 0 fully saturated rings. The standard InChI is InChI=1S/C11H14ClNO3S/c1-7(14)8(2)17-6-9-3-4-10(12)11(5-9)13(15)16/h3-5,7-8,14H,6H2,1-2H3. The van der Waals surface area contributed by atoms with Crippen LogP contribution in [0.5, 0.6) is 0 Å². The van der Waals surface area contributed by atoms with Gasteiger partial charge in [0.25, 0.3) is 5.69 Å². The molecule has 1 aromatic rings. The maximum atomic E-state index is 10.7. The van der Waals surface area contributed by atoms with Crippen molar-refractivity contribution in [3.8, 4) is 0 Å². The third-order valence-corrected chi connectivity index (χ3v) is 4.14. The molecule has 1 N–H and O–H groups in total. The molecule has 0 heterocycles. The lowest BCUT2D eigenvalue weighted by Gasteiger charge is -2.13. The van der Waals surface area contributed by atoms with Crippen molar-refractivity contribution < 1.29 is 10.0 Å². The highest BCUT2D eigenvalue weighted by atomic mass is 35.5. The molecule has 0 radical (unpaired) electrons. The summed E-state index contributed by atoms with van der Waals surface area (Å²) in [7, 11) is 0. The zero-order valence-corrected chi connectivity index (χ0v) is 11.2. The first kappa shape index (κ1) is 14.3. The van der Waals surface area contributed by atoms with Crippen LogP contribution >= 0.6 is 23.4 Å². The van der Waals surface area contributed by atoms with E-state index in [1.54, 1.807) is 24.8 Å². The summed E-state index contributed by atoms with van der Waals surface area (Å²) >= 11 is 7.26.